The molecular weight excluding hydrogens is 221 g/mol. The number of hydrogen-bond donors (Lipinski definition) is 2. The fraction of sp³-hybridized carbons (Fsp3) is 0.545. The standard InChI is InChI=1S/C11H18BNO4/c1-8(2)10-5-4-9(12(14)15)11(13-10)17-7-6-16-3/h4-5,8,14-15H,6-7H2,1-3H3. The molecule has 1 rings (SSSR count). The number of pyridine rings is 1. The second-order valence-electron chi connectivity index (χ2n) is 4.00. The highest BCUT2D eigenvalue weighted by Crippen LogP contribution is 2.14. The smallest absolute Gasteiger partial charge is 0.475 e. The first-order valence-corrected chi connectivity index (χ1v) is 5.55. The van der Waals surface area contributed by atoms with Crippen LogP contribution in [0.3, 0.4) is 0 Å². The van der Waals surface area contributed by atoms with Crippen molar-refractivity contribution < 1.29 is 19.5 Å². The summed E-state index contributed by atoms with van der Waals surface area (Å²) >= 11 is 0. The summed E-state index contributed by atoms with van der Waals surface area (Å²) < 4.78 is 10.2. The molecule has 0 atom stereocenters. The van der Waals surface area contributed by atoms with E-state index in [-0.39, 0.29) is 17.3 Å². The van der Waals surface area contributed by atoms with E-state index >= 15 is 0 Å². The predicted octanol–water partition coefficient (Wildman–Crippen LogP) is -0.0900. The van der Waals surface area contributed by atoms with E-state index in [0.717, 1.165) is 5.69 Å². The van der Waals surface area contributed by atoms with Crippen molar-refractivity contribution in [1.29, 1.82) is 0 Å². The quantitative estimate of drug-likeness (QED) is 0.536. The van der Waals surface area contributed by atoms with E-state index in [4.69, 9.17) is 9.47 Å². The van der Waals surface area contributed by atoms with Crippen LogP contribution in [0, 0.1) is 0 Å². The highest BCUT2D eigenvalue weighted by atomic mass is 16.5. The maximum Gasteiger partial charge on any atom is 0.494 e. The van der Waals surface area contributed by atoms with E-state index in [0.29, 0.717) is 13.2 Å². The van der Waals surface area contributed by atoms with Gasteiger partial charge in [-0.05, 0) is 12.0 Å². The lowest BCUT2D eigenvalue weighted by atomic mass is 9.80. The van der Waals surface area contributed by atoms with Gasteiger partial charge in [0.1, 0.15) is 6.61 Å². The van der Waals surface area contributed by atoms with Gasteiger partial charge in [0.2, 0.25) is 5.88 Å². The van der Waals surface area contributed by atoms with Gasteiger partial charge in [0.25, 0.3) is 0 Å². The van der Waals surface area contributed by atoms with Crippen LogP contribution in [0.15, 0.2) is 12.1 Å². The van der Waals surface area contributed by atoms with Gasteiger partial charge in [-0.15, -0.1) is 0 Å². The van der Waals surface area contributed by atoms with Gasteiger partial charge < -0.3 is 19.5 Å². The largest absolute Gasteiger partial charge is 0.494 e. The summed E-state index contributed by atoms with van der Waals surface area (Å²) in [5.41, 5.74) is 1.12. The highest BCUT2D eigenvalue weighted by Gasteiger charge is 2.19. The van der Waals surface area contributed by atoms with E-state index in [2.05, 4.69) is 4.98 Å². The van der Waals surface area contributed by atoms with Crippen molar-refractivity contribution in [3.63, 3.8) is 0 Å². The summed E-state index contributed by atoms with van der Waals surface area (Å²) in [6.45, 7) is 4.77. The van der Waals surface area contributed by atoms with Crippen LogP contribution < -0.4 is 10.2 Å². The molecule has 1 aromatic rings. The fourth-order valence-corrected chi connectivity index (χ4v) is 1.32. The summed E-state index contributed by atoms with van der Waals surface area (Å²) in [6.07, 6.45) is 0. The molecule has 17 heavy (non-hydrogen) atoms. The molecule has 1 heterocycles. The Balaban J connectivity index is 2.90. The third-order valence-corrected chi connectivity index (χ3v) is 2.31. The van der Waals surface area contributed by atoms with Crippen LogP contribution in [0.25, 0.3) is 0 Å². The average molecular weight is 239 g/mol. The lowest BCUT2D eigenvalue weighted by Crippen LogP contribution is -2.32. The SMILES string of the molecule is COCCOc1nc(C(C)C)ccc1B(O)O. The maximum atomic E-state index is 9.19. The maximum absolute atomic E-state index is 9.19. The minimum atomic E-state index is -1.58. The first kappa shape index (κ1) is 14.0. The first-order chi connectivity index (χ1) is 8.06. The van der Waals surface area contributed by atoms with Crippen molar-refractivity contribution in [2.75, 3.05) is 20.3 Å². The van der Waals surface area contributed by atoms with Crippen LogP contribution >= 0.6 is 0 Å². The molecule has 6 heteroatoms. The summed E-state index contributed by atoms with van der Waals surface area (Å²) in [4.78, 5) is 4.27. The van der Waals surface area contributed by atoms with Gasteiger partial charge in [-0.25, -0.2) is 4.98 Å². The molecule has 1 aromatic heterocycles. The Labute approximate surface area is 102 Å². The number of aromatic nitrogens is 1. The molecule has 0 spiro atoms. The Kier molecular flexibility index (Phi) is 5.41. The monoisotopic (exact) mass is 239 g/mol. The number of ether oxygens (including phenoxy) is 2. The minimum absolute atomic E-state index is 0.253. The van der Waals surface area contributed by atoms with Crippen LogP contribution in [0.5, 0.6) is 5.88 Å². The van der Waals surface area contributed by atoms with Crippen LogP contribution in [-0.4, -0.2) is 42.5 Å². The van der Waals surface area contributed by atoms with Crippen molar-refractivity contribution in [1.82, 2.24) is 4.98 Å². The summed E-state index contributed by atoms with van der Waals surface area (Å²) in [5.74, 6) is 0.507. The van der Waals surface area contributed by atoms with Gasteiger partial charge in [-0.1, -0.05) is 19.9 Å². The lowest BCUT2D eigenvalue weighted by Gasteiger charge is -2.12. The van der Waals surface area contributed by atoms with Crippen LogP contribution in [0.4, 0.5) is 0 Å². The number of nitrogens with zero attached hydrogens (tertiary/aromatic N) is 1. The number of hydrogen-bond acceptors (Lipinski definition) is 5. The zero-order valence-electron chi connectivity index (χ0n) is 10.4. The van der Waals surface area contributed by atoms with Crippen LogP contribution in [0.2, 0.25) is 0 Å². The molecule has 0 bridgehead atoms. The Bertz CT molecular complexity index is 357. The Hall–Kier alpha value is -1.11. The van der Waals surface area contributed by atoms with Gasteiger partial charge in [0, 0.05) is 18.3 Å². The van der Waals surface area contributed by atoms with Crippen molar-refractivity contribution >= 4 is 12.6 Å². The van der Waals surface area contributed by atoms with E-state index in [1.54, 1.807) is 19.2 Å². The topological polar surface area (TPSA) is 71.8 Å². The third kappa shape index (κ3) is 4.00. The lowest BCUT2D eigenvalue weighted by molar-refractivity contribution is 0.144. The third-order valence-electron chi connectivity index (χ3n) is 2.31. The highest BCUT2D eigenvalue weighted by molar-refractivity contribution is 6.59. The number of methoxy groups -OCH3 is 1. The average Bonchev–Trinajstić information content (AvgIpc) is 2.28. The molecule has 0 saturated heterocycles. The Morgan fingerprint density at radius 3 is 2.53 bits per heavy atom. The second-order valence-corrected chi connectivity index (χ2v) is 4.00. The Morgan fingerprint density at radius 1 is 1.29 bits per heavy atom. The van der Waals surface area contributed by atoms with E-state index in [1.165, 1.54) is 0 Å². The summed E-state index contributed by atoms with van der Waals surface area (Å²) in [7, 11) is -0.00962. The van der Waals surface area contributed by atoms with E-state index in [1.807, 2.05) is 13.8 Å². The molecule has 5 nitrogen and oxygen atoms in total. The molecule has 0 aliphatic carbocycles. The van der Waals surface area contributed by atoms with Gasteiger partial charge in [-0.2, -0.15) is 0 Å². The zero-order chi connectivity index (χ0) is 12.8. The van der Waals surface area contributed by atoms with Crippen molar-refractivity contribution in [2.45, 2.75) is 19.8 Å². The summed E-state index contributed by atoms with van der Waals surface area (Å²) in [5, 5.41) is 18.4. The zero-order valence-corrected chi connectivity index (χ0v) is 10.4. The van der Waals surface area contributed by atoms with Gasteiger partial charge in [-0.3, -0.25) is 0 Å². The van der Waals surface area contributed by atoms with Crippen LogP contribution in [-0.2, 0) is 4.74 Å². The van der Waals surface area contributed by atoms with Gasteiger partial charge in [0.15, 0.2) is 0 Å². The van der Waals surface area contributed by atoms with Crippen molar-refractivity contribution in [3.05, 3.63) is 17.8 Å². The predicted molar refractivity (Wildman–Crippen MR) is 65.5 cm³/mol. The molecule has 0 unspecified atom stereocenters. The summed E-state index contributed by atoms with van der Waals surface area (Å²) in [6, 6.07) is 3.39. The molecule has 2 N–H and O–H groups in total. The van der Waals surface area contributed by atoms with Crippen molar-refractivity contribution in [2.24, 2.45) is 0 Å². The molecule has 0 amide bonds. The molecule has 0 saturated carbocycles. The Morgan fingerprint density at radius 2 is 2.00 bits per heavy atom. The second kappa shape index (κ2) is 6.59. The number of rotatable bonds is 6. The first-order valence-electron chi connectivity index (χ1n) is 5.55. The molecule has 0 aliphatic rings. The molecule has 0 radical (unpaired) electrons. The van der Waals surface area contributed by atoms with E-state index in [9.17, 15) is 10.0 Å². The van der Waals surface area contributed by atoms with Crippen molar-refractivity contribution in [3.8, 4) is 5.88 Å². The van der Waals surface area contributed by atoms with Crippen LogP contribution in [0.1, 0.15) is 25.5 Å². The van der Waals surface area contributed by atoms with Gasteiger partial charge >= 0.3 is 7.12 Å². The molecule has 0 fully saturated rings. The molecule has 0 aromatic carbocycles. The normalized spacial score (nSPS) is 10.7. The molecular formula is C11H18BNO4. The molecule has 0 aliphatic heterocycles. The van der Waals surface area contributed by atoms with Gasteiger partial charge in [0.05, 0.1) is 6.61 Å². The fourth-order valence-electron chi connectivity index (χ4n) is 1.32. The minimum Gasteiger partial charge on any atom is -0.475 e. The van der Waals surface area contributed by atoms with E-state index < -0.39 is 7.12 Å². The molecule has 94 valence electrons.